The van der Waals surface area contributed by atoms with Crippen LogP contribution in [0.5, 0.6) is 0 Å². The molecule has 1 unspecified atom stereocenters. The number of hydrogen-bond donors (Lipinski definition) is 1. The summed E-state index contributed by atoms with van der Waals surface area (Å²) in [5, 5.41) is 2.77. The Bertz CT molecular complexity index is 770. The molecule has 1 aromatic heterocycles. The van der Waals surface area contributed by atoms with Crippen LogP contribution in [0.1, 0.15) is 30.9 Å². The van der Waals surface area contributed by atoms with Crippen molar-refractivity contribution in [3.05, 3.63) is 72.1 Å². The molecule has 1 saturated carbocycles. The first-order valence-corrected chi connectivity index (χ1v) is 8.86. The highest BCUT2D eigenvalue weighted by molar-refractivity contribution is 5.95. The fourth-order valence-electron chi connectivity index (χ4n) is 2.77. The average molecular weight is 349 g/mol. The standard InChI is InChI=1S/C21H23N3O2/c1-16(23-20(25)10-7-17-5-3-2-4-6-17)21(26)24(19-8-9-19)15-18-11-13-22-14-12-18/h2-7,10-14,16,19H,8-9,15H2,1H3,(H,23,25). The second-order valence-corrected chi connectivity index (χ2v) is 6.53. The number of nitrogens with one attached hydrogen (secondary N) is 1. The zero-order chi connectivity index (χ0) is 18.4. The van der Waals surface area contributed by atoms with Gasteiger partial charge in [0, 0.05) is 31.1 Å². The minimum atomic E-state index is -0.564. The third-order valence-electron chi connectivity index (χ3n) is 4.33. The van der Waals surface area contributed by atoms with Gasteiger partial charge in [0.05, 0.1) is 0 Å². The molecule has 2 amide bonds. The van der Waals surface area contributed by atoms with Crippen LogP contribution in [-0.2, 0) is 16.1 Å². The molecule has 1 aliphatic carbocycles. The Morgan fingerprint density at radius 1 is 1.19 bits per heavy atom. The molecule has 1 fully saturated rings. The number of hydrogen-bond acceptors (Lipinski definition) is 3. The van der Waals surface area contributed by atoms with Gasteiger partial charge in [0.2, 0.25) is 11.8 Å². The molecule has 3 rings (SSSR count). The summed E-state index contributed by atoms with van der Waals surface area (Å²) in [6.45, 7) is 2.28. The van der Waals surface area contributed by atoms with Gasteiger partial charge in [-0.25, -0.2) is 0 Å². The molecule has 5 nitrogen and oxygen atoms in total. The van der Waals surface area contributed by atoms with Crippen molar-refractivity contribution in [3.8, 4) is 0 Å². The Morgan fingerprint density at radius 3 is 2.54 bits per heavy atom. The van der Waals surface area contributed by atoms with Crippen LogP contribution in [0.25, 0.3) is 6.08 Å². The van der Waals surface area contributed by atoms with E-state index in [9.17, 15) is 9.59 Å². The van der Waals surface area contributed by atoms with Crippen molar-refractivity contribution < 1.29 is 9.59 Å². The first-order valence-electron chi connectivity index (χ1n) is 8.86. The molecule has 1 atom stereocenters. The van der Waals surface area contributed by atoms with Crippen molar-refractivity contribution in [1.29, 1.82) is 0 Å². The lowest BCUT2D eigenvalue weighted by Gasteiger charge is -2.26. The average Bonchev–Trinajstić information content (AvgIpc) is 3.50. The molecule has 0 bridgehead atoms. The Hall–Kier alpha value is -2.95. The number of benzene rings is 1. The van der Waals surface area contributed by atoms with E-state index >= 15 is 0 Å². The van der Waals surface area contributed by atoms with Crippen LogP contribution in [0.3, 0.4) is 0 Å². The van der Waals surface area contributed by atoms with E-state index in [0.29, 0.717) is 6.54 Å². The first kappa shape index (κ1) is 17.9. The number of pyridine rings is 1. The zero-order valence-corrected chi connectivity index (χ0v) is 14.8. The van der Waals surface area contributed by atoms with Gasteiger partial charge in [-0.1, -0.05) is 30.3 Å². The molecular formula is C21H23N3O2. The van der Waals surface area contributed by atoms with Crippen molar-refractivity contribution >= 4 is 17.9 Å². The van der Waals surface area contributed by atoms with Gasteiger partial charge in [0.15, 0.2) is 0 Å². The molecular weight excluding hydrogens is 326 g/mol. The van der Waals surface area contributed by atoms with Gasteiger partial charge in [-0.15, -0.1) is 0 Å². The molecule has 26 heavy (non-hydrogen) atoms. The SMILES string of the molecule is CC(NC(=O)C=Cc1ccccc1)C(=O)N(Cc1ccncc1)C1CC1. The van der Waals surface area contributed by atoms with Crippen LogP contribution in [0, 0.1) is 0 Å². The fourth-order valence-corrected chi connectivity index (χ4v) is 2.77. The van der Waals surface area contributed by atoms with Crippen molar-refractivity contribution in [2.24, 2.45) is 0 Å². The largest absolute Gasteiger partial charge is 0.341 e. The lowest BCUT2D eigenvalue weighted by atomic mass is 10.2. The summed E-state index contributed by atoms with van der Waals surface area (Å²) in [5.41, 5.74) is 1.99. The predicted octanol–water partition coefficient (Wildman–Crippen LogP) is 2.79. The topological polar surface area (TPSA) is 62.3 Å². The van der Waals surface area contributed by atoms with E-state index in [4.69, 9.17) is 0 Å². The van der Waals surface area contributed by atoms with Gasteiger partial charge in [0.25, 0.3) is 0 Å². The van der Waals surface area contributed by atoms with Crippen LogP contribution in [0.2, 0.25) is 0 Å². The van der Waals surface area contributed by atoms with Crippen molar-refractivity contribution in [1.82, 2.24) is 15.2 Å². The molecule has 1 aromatic carbocycles. The summed E-state index contributed by atoms with van der Waals surface area (Å²) in [7, 11) is 0. The molecule has 0 saturated heterocycles. The van der Waals surface area contributed by atoms with Crippen LogP contribution < -0.4 is 5.32 Å². The molecule has 0 spiro atoms. The highest BCUT2D eigenvalue weighted by atomic mass is 16.2. The van der Waals surface area contributed by atoms with Crippen LogP contribution in [0.15, 0.2) is 60.9 Å². The van der Waals surface area contributed by atoms with Crippen LogP contribution in [-0.4, -0.2) is 33.8 Å². The van der Waals surface area contributed by atoms with Crippen molar-refractivity contribution in [3.63, 3.8) is 0 Å². The molecule has 0 aliphatic heterocycles. The van der Waals surface area contributed by atoms with E-state index < -0.39 is 6.04 Å². The maximum atomic E-state index is 12.8. The smallest absolute Gasteiger partial charge is 0.245 e. The van der Waals surface area contributed by atoms with Crippen LogP contribution in [0.4, 0.5) is 0 Å². The van der Waals surface area contributed by atoms with Gasteiger partial charge in [0.1, 0.15) is 6.04 Å². The minimum Gasteiger partial charge on any atom is -0.341 e. The van der Waals surface area contributed by atoms with Crippen molar-refractivity contribution in [2.75, 3.05) is 0 Å². The number of amides is 2. The van der Waals surface area contributed by atoms with E-state index in [1.165, 1.54) is 6.08 Å². The Balaban J connectivity index is 1.58. The first-order chi connectivity index (χ1) is 12.6. The molecule has 1 heterocycles. The van der Waals surface area contributed by atoms with E-state index in [0.717, 1.165) is 24.0 Å². The summed E-state index contributed by atoms with van der Waals surface area (Å²) >= 11 is 0. The molecule has 0 radical (unpaired) electrons. The maximum absolute atomic E-state index is 12.8. The van der Waals surface area contributed by atoms with E-state index in [1.807, 2.05) is 47.4 Å². The lowest BCUT2D eigenvalue weighted by molar-refractivity contribution is -0.136. The highest BCUT2D eigenvalue weighted by Gasteiger charge is 2.34. The number of carbonyl (C=O) groups is 2. The number of carbonyl (C=O) groups excluding carboxylic acids is 2. The minimum absolute atomic E-state index is 0.0502. The normalized spacial score (nSPS) is 14.8. The highest BCUT2D eigenvalue weighted by Crippen LogP contribution is 2.28. The quantitative estimate of drug-likeness (QED) is 0.782. The third kappa shape index (κ3) is 5.02. The number of rotatable bonds is 7. The van der Waals surface area contributed by atoms with Gasteiger partial charge >= 0.3 is 0 Å². The van der Waals surface area contributed by atoms with Gasteiger partial charge in [-0.3, -0.25) is 14.6 Å². The predicted molar refractivity (Wildman–Crippen MR) is 101 cm³/mol. The van der Waals surface area contributed by atoms with Crippen LogP contribution >= 0.6 is 0 Å². The molecule has 134 valence electrons. The molecule has 5 heteroatoms. The van der Waals surface area contributed by atoms with E-state index in [2.05, 4.69) is 10.3 Å². The molecule has 1 N–H and O–H groups in total. The second-order valence-electron chi connectivity index (χ2n) is 6.53. The Labute approximate surface area is 153 Å². The Morgan fingerprint density at radius 2 is 1.88 bits per heavy atom. The summed E-state index contributed by atoms with van der Waals surface area (Å²) in [6, 6.07) is 13.1. The summed E-state index contributed by atoms with van der Waals surface area (Å²) < 4.78 is 0. The van der Waals surface area contributed by atoms with Gasteiger partial charge < -0.3 is 10.2 Å². The summed E-state index contributed by atoms with van der Waals surface area (Å²) in [4.78, 5) is 30.8. The maximum Gasteiger partial charge on any atom is 0.245 e. The molecule has 1 aliphatic rings. The lowest BCUT2D eigenvalue weighted by Crippen LogP contribution is -2.47. The second kappa shape index (κ2) is 8.43. The summed E-state index contributed by atoms with van der Waals surface area (Å²) in [5.74, 6) is -0.319. The molecule has 2 aromatic rings. The monoisotopic (exact) mass is 349 g/mol. The van der Waals surface area contributed by atoms with E-state index in [1.54, 1.807) is 25.4 Å². The third-order valence-corrected chi connectivity index (χ3v) is 4.33. The van der Waals surface area contributed by atoms with Crippen molar-refractivity contribution in [2.45, 2.75) is 38.4 Å². The van der Waals surface area contributed by atoms with Gasteiger partial charge in [-0.05, 0) is 49.1 Å². The Kier molecular flexibility index (Phi) is 5.79. The fraction of sp³-hybridized carbons (Fsp3) is 0.286. The van der Waals surface area contributed by atoms with E-state index in [-0.39, 0.29) is 17.9 Å². The summed E-state index contributed by atoms with van der Waals surface area (Å²) in [6.07, 6.45) is 8.69. The number of aromatic nitrogens is 1. The number of nitrogens with zero attached hydrogens (tertiary/aromatic N) is 2. The zero-order valence-electron chi connectivity index (χ0n) is 14.8. The van der Waals surface area contributed by atoms with Gasteiger partial charge in [-0.2, -0.15) is 0 Å².